The molecule has 21 heavy (non-hydrogen) atoms. The van der Waals surface area contributed by atoms with Crippen LogP contribution >= 0.6 is 0 Å². The first-order valence-corrected chi connectivity index (χ1v) is 6.13. The number of fused-ring (bicyclic) bond motifs is 1. The molecule has 0 radical (unpaired) electrons. The monoisotopic (exact) mass is 291 g/mol. The van der Waals surface area contributed by atoms with Gasteiger partial charge < -0.3 is 15.3 Å². The number of carboxylic acid groups (broad SMARTS) is 1. The number of rotatable bonds is 6. The van der Waals surface area contributed by atoms with Gasteiger partial charge in [-0.15, -0.1) is 0 Å². The van der Waals surface area contributed by atoms with Crippen LogP contribution in [0.2, 0.25) is 0 Å². The quantitative estimate of drug-likeness (QED) is 0.359. The van der Waals surface area contributed by atoms with Crippen molar-refractivity contribution in [3.8, 4) is 0 Å². The lowest BCUT2D eigenvalue weighted by Gasteiger charge is -2.17. The highest BCUT2D eigenvalue weighted by atomic mass is 16.4. The van der Waals surface area contributed by atoms with Gasteiger partial charge in [-0.2, -0.15) is 5.10 Å². The first-order chi connectivity index (χ1) is 10.0. The number of carboxylic acids is 1. The fraction of sp³-hybridized carbons (Fsp3) is 0.333. The number of nitrogens with zero attached hydrogens (tertiary/aromatic N) is 4. The standard InChI is InChI=1S/C12H13N5O4/c13-17-14-4-3-9(18)11(19)6-1-2-8-7(5-6)10(12(20)21)16-15-8/h1-2,5,9,11,18-19H,3-4H2,(H,15,16)(H,20,21). The molecule has 0 saturated carbocycles. The van der Waals surface area contributed by atoms with Crippen molar-refractivity contribution >= 4 is 16.9 Å². The second-order valence-electron chi connectivity index (χ2n) is 4.44. The number of nitrogens with one attached hydrogen (secondary N) is 1. The molecule has 1 heterocycles. The van der Waals surface area contributed by atoms with Crippen molar-refractivity contribution in [2.24, 2.45) is 5.11 Å². The van der Waals surface area contributed by atoms with Crippen molar-refractivity contribution in [3.05, 3.63) is 39.9 Å². The van der Waals surface area contributed by atoms with Gasteiger partial charge in [-0.05, 0) is 29.6 Å². The zero-order valence-electron chi connectivity index (χ0n) is 10.8. The van der Waals surface area contributed by atoms with E-state index in [-0.39, 0.29) is 18.7 Å². The maximum absolute atomic E-state index is 11.0. The first-order valence-electron chi connectivity index (χ1n) is 6.13. The van der Waals surface area contributed by atoms with Crippen molar-refractivity contribution in [3.63, 3.8) is 0 Å². The lowest BCUT2D eigenvalue weighted by Crippen LogP contribution is -2.19. The zero-order valence-corrected chi connectivity index (χ0v) is 10.8. The molecule has 9 heteroatoms. The van der Waals surface area contributed by atoms with Crippen LogP contribution in [0, 0.1) is 0 Å². The molecule has 0 aliphatic carbocycles. The van der Waals surface area contributed by atoms with Crippen LogP contribution in [0.15, 0.2) is 23.3 Å². The highest BCUT2D eigenvalue weighted by molar-refractivity contribution is 6.01. The van der Waals surface area contributed by atoms with E-state index in [1.54, 1.807) is 12.1 Å². The third-order valence-electron chi connectivity index (χ3n) is 3.08. The van der Waals surface area contributed by atoms with E-state index in [4.69, 9.17) is 10.6 Å². The molecule has 0 saturated heterocycles. The molecule has 110 valence electrons. The number of benzene rings is 1. The number of hydrogen-bond donors (Lipinski definition) is 4. The van der Waals surface area contributed by atoms with Crippen LogP contribution in [-0.4, -0.2) is 44.1 Å². The molecule has 2 rings (SSSR count). The van der Waals surface area contributed by atoms with E-state index in [2.05, 4.69) is 20.2 Å². The van der Waals surface area contributed by atoms with Gasteiger partial charge in [0.25, 0.3) is 0 Å². The van der Waals surface area contributed by atoms with Crippen molar-refractivity contribution in [2.45, 2.75) is 18.6 Å². The fourth-order valence-corrected chi connectivity index (χ4v) is 1.99. The summed E-state index contributed by atoms with van der Waals surface area (Å²) in [5.74, 6) is -1.18. The molecule has 0 spiro atoms. The minimum atomic E-state index is -1.21. The van der Waals surface area contributed by atoms with Crippen LogP contribution < -0.4 is 0 Å². The van der Waals surface area contributed by atoms with E-state index in [1.807, 2.05) is 0 Å². The van der Waals surface area contributed by atoms with E-state index in [0.717, 1.165) is 0 Å². The molecule has 2 atom stereocenters. The Balaban J connectivity index is 2.26. The third-order valence-corrected chi connectivity index (χ3v) is 3.08. The van der Waals surface area contributed by atoms with Crippen LogP contribution in [-0.2, 0) is 0 Å². The van der Waals surface area contributed by atoms with Gasteiger partial charge >= 0.3 is 5.97 Å². The predicted molar refractivity (Wildman–Crippen MR) is 72.6 cm³/mol. The normalized spacial score (nSPS) is 13.6. The Morgan fingerprint density at radius 2 is 2.24 bits per heavy atom. The Labute approximate surface area is 118 Å². The van der Waals surface area contributed by atoms with E-state index in [0.29, 0.717) is 16.5 Å². The number of aromatic amines is 1. The molecule has 2 unspecified atom stereocenters. The number of aliphatic hydroxyl groups excluding tert-OH is 2. The minimum absolute atomic E-state index is 0.0586. The number of carbonyl (C=O) groups is 1. The molecular weight excluding hydrogens is 278 g/mol. The Bertz CT molecular complexity index is 707. The summed E-state index contributed by atoms with van der Waals surface area (Å²) in [6.45, 7) is 0.0586. The topological polar surface area (TPSA) is 155 Å². The molecule has 1 aromatic carbocycles. The highest BCUT2D eigenvalue weighted by Crippen LogP contribution is 2.24. The maximum Gasteiger partial charge on any atom is 0.357 e. The summed E-state index contributed by atoms with van der Waals surface area (Å²) in [6, 6.07) is 4.60. The van der Waals surface area contributed by atoms with Gasteiger partial charge in [-0.25, -0.2) is 4.79 Å². The van der Waals surface area contributed by atoms with Crippen LogP contribution in [0.25, 0.3) is 21.3 Å². The third kappa shape index (κ3) is 3.11. The van der Waals surface area contributed by atoms with E-state index in [9.17, 15) is 15.0 Å². The molecule has 0 bridgehead atoms. The van der Waals surface area contributed by atoms with Gasteiger partial charge in [0.15, 0.2) is 5.69 Å². The van der Waals surface area contributed by atoms with E-state index in [1.165, 1.54) is 6.07 Å². The van der Waals surface area contributed by atoms with Gasteiger partial charge in [0.05, 0.1) is 11.6 Å². The second kappa shape index (κ2) is 6.23. The largest absolute Gasteiger partial charge is 0.476 e. The van der Waals surface area contributed by atoms with Crippen LogP contribution in [0.3, 0.4) is 0 Å². The summed E-state index contributed by atoms with van der Waals surface area (Å²) in [4.78, 5) is 13.6. The van der Waals surface area contributed by atoms with E-state index < -0.39 is 18.2 Å². The van der Waals surface area contributed by atoms with Crippen LogP contribution in [0.4, 0.5) is 0 Å². The molecule has 9 nitrogen and oxygen atoms in total. The first kappa shape index (κ1) is 14.8. The molecular formula is C12H13N5O4. The van der Waals surface area contributed by atoms with E-state index >= 15 is 0 Å². The Morgan fingerprint density at radius 3 is 2.90 bits per heavy atom. The summed E-state index contributed by atoms with van der Waals surface area (Å²) >= 11 is 0. The van der Waals surface area contributed by atoms with Crippen molar-refractivity contribution in [1.82, 2.24) is 10.2 Å². The lowest BCUT2D eigenvalue weighted by molar-refractivity contribution is 0.0151. The summed E-state index contributed by atoms with van der Waals surface area (Å²) in [5, 5.41) is 38.8. The Kier molecular flexibility index (Phi) is 4.39. The van der Waals surface area contributed by atoms with Gasteiger partial charge in [0.1, 0.15) is 6.10 Å². The molecule has 0 aliphatic rings. The zero-order chi connectivity index (χ0) is 15.4. The minimum Gasteiger partial charge on any atom is -0.476 e. The number of azide groups is 1. The van der Waals surface area contributed by atoms with Crippen LogP contribution in [0.5, 0.6) is 0 Å². The Morgan fingerprint density at radius 1 is 1.48 bits per heavy atom. The number of aromatic carboxylic acids is 1. The molecule has 0 amide bonds. The number of hydrogen-bond acceptors (Lipinski definition) is 5. The van der Waals surface area contributed by atoms with Gasteiger partial charge in [-0.3, -0.25) is 5.10 Å². The predicted octanol–water partition coefficient (Wildman–Crippen LogP) is 1.36. The number of H-pyrrole nitrogens is 1. The van der Waals surface area contributed by atoms with Crippen molar-refractivity contribution in [1.29, 1.82) is 0 Å². The summed E-state index contributed by atoms with van der Waals surface area (Å²) in [6.07, 6.45) is -2.23. The number of aliphatic hydroxyl groups is 2. The average Bonchev–Trinajstić information content (AvgIpc) is 2.89. The second-order valence-corrected chi connectivity index (χ2v) is 4.44. The summed E-state index contributed by atoms with van der Waals surface area (Å²) in [7, 11) is 0. The van der Waals surface area contributed by atoms with Gasteiger partial charge in [-0.1, -0.05) is 11.2 Å². The summed E-state index contributed by atoms with van der Waals surface area (Å²) < 4.78 is 0. The SMILES string of the molecule is [N-]=[N+]=NCCC(O)C(O)c1ccc2[nH]nc(C(=O)O)c2c1. The van der Waals surface area contributed by atoms with Crippen LogP contribution in [0.1, 0.15) is 28.6 Å². The lowest BCUT2D eigenvalue weighted by atomic mass is 10.00. The van der Waals surface area contributed by atoms with Crippen molar-refractivity contribution in [2.75, 3.05) is 6.54 Å². The van der Waals surface area contributed by atoms with Gasteiger partial charge in [0.2, 0.25) is 0 Å². The maximum atomic E-state index is 11.0. The molecule has 1 aromatic heterocycles. The molecule has 0 fully saturated rings. The van der Waals surface area contributed by atoms with Gasteiger partial charge in [0, 0.05) is 16.8 Å². The molecule has 4 N–H and O–H groups in total. The summed E-state index contributed by atoms with van der Waals surface area (Å²) in [5.41, 5.74) is 8.89. The number of aromatic nitrogens is 2. The Hall–Kier alpha value is -2.61. The average molecular weight is 291 g/mol. The fourth-order valence-electron chi connectivity index (χ4n) is 1.99. The smallest absolute Gasteiger partial charge is 0.357 e. The molecule has 2 aromatic rings. The van der Waals surface area contributed by atoms with Crippen molar-refractivity contribution < 1.29 is 20.1 Å². The molecule has 0 aliphatic heterocycles. The highest BCUT2D eigenvalue weighted by Gasteiger charge is 2.20.